The summed E-state index contributed by atoms with van der Waals surface area (Å²) in [5.74, 6) is 2.20. The number of aromatic nitrogens is 5. The third kappa shape index (κ3) is 7.19. The molecule has 0 radical (unpaired) electrons. The average Bonchev–Trinajstić information content (AvgIpc) is 3.55. The molecule has 2 aliphatic rings. The van der Waals surface area contributed by atoms with Gasteiger partial charge in [0, 0.05) is 43.5 Å². The number of fused-ring (bicyclic) bond motifs is 1. The lowest BCUT2D eigenvalue weighted by Gasteiger charge is -2.19. The Bertz CT molecular complexity index is 1400. The molecule has 1 amide bonds. The van der Waals surface area contributed by atoms with Gasteiger partial charge in [0.15, 0.2) is 5.82 Å². The zero-order chi connectivity index (χ0) is 30.1. The Labute approximate surface area is 244 Å². The van der Waals surface area contributed by atoms with E-state index in [-0.39, 0.29) is 29.5 Å². The van der Waals surface area contributed by atoms with Crippen LogP contribution in [0.5, 0.6) is 5.75 Å². The summed E-state index contributed by atoms with van der Waals surface area (Å²) in [6.07, 6.45) is 7.82. The molecule has 1 fully saturated rings. The van der Waals surface area contributed by atoms with E-state index in [0.717, 1.165) is 49.2 Å². The van der Waals surface area contributed by atoms with Gasteiger partial charge in [-0.1, -0.05) is 25.4 Å². The van der Waals surface area contributed by atoms with E-state index in [9.17, 15) is 9.59 Å². The zero-order valence-corrected chi connectivity index (χ0v) is 25.0. The largest absolute Gasteiger partial charge is 0.496 e. The quantitative estimate of drug-likeness (QED) is 0.217. The number of ether oxygens (including phenoxy) is 2. The van der Waals surface area contributed by atoms with Crippen LogP contribution in [0.15, 0.2) is 12.4 Å². The maximum atomic E-state index is 13.4. The third-order valence-electron chi connectivity index (χ3n) is 6.53. The van der Waals surface area contributed by atoms with E-state index in [2.05, 4.69) is 30.2 Å². The normalized spacial score (nSPS) is 15.4. The van der Waals surface area contributed by atoms with Crippen LogP contribution in [0.2, 0.25) is 5.15 Å². The number of rotatable bonds is 6. The van der Waals surface area contributed by atoms with E-state index >= 15 is 0 Å². The molecule has 4 N–H and O–H groups in total. The third-order valence-corrected chi connectivity index (χ3v) is 6.80. The van der Waals surface area contributed by atoms with Crippen molar-refractivity contribution in [2.24, 2.45) is 5.92 Å². The molecule has 13 heteroatoms. The second-order valence-corrected chi connectivity index (χ2v) is 9.44. The van der Waals surface area contributed by atoms with Gasteiger partial charge in [0.25, 0.3) is 5.91 Å². The van der Waals surface area contributed by atoms with E-state index in [0.29, 0.717) is 34.3 Å². The van der Waals surface area contributed by atoms with Crippen LogP contribution >= 0.6 is 11.6 Å². The van der Waals surface area contributed by atoms with Crippen molar-refractivity contribution in [2.75, 3.05) is 43.3 Å². The molecule has 3 aromatic heterocycles. The maximum Gasteiger partial charge on any atom is 0.260 e. The second-order valence-electron chi connectivity index (χ2n) is 9.08. The van der Waals surface area contributed by atoms with Crippen molar-refractivity contribution in [3.05, 3.63) is 45.8 Å². The minimum atomic E-state index is -0.306. The van der Waals surface area contributed by atoms with Crippen molar-refractivity contribution in [3.63, 3.8) is 0 Å². The number of carbonyl (C=O) groups is 2. The van der Waals surface area contributed by atoms with Crippen LogP contribution in [0.4, 0.5) is 17.6 Å². The average molecular weight is 585 g/mol. The lowest BCUT2D eigenvalue weighted by Crippen LogP contribution is -2.27. The van der Waals surface area contributed by atoms with Gasteiger partial charge in [-0.3, -0.25) is 14.7 Å². The van der Waals surface area contributed by atoms with Crippen molar-refractivity contribution in [1.29, 1.82) is 0 Å². The lowest BCUT2D eigenvalue weighted by molar-refractivity contribution is -0.114. The number of nitrogens with two attached hydrogens (primary N) is 1. The van der Waals surface area contributed by atoms with Crippen molar-refractivity contribution in [3.8, 4) is 5.75 Å². The number of methoxy groups -OCH3 is 1. The van der Waals surface area contributed by atoms with Gasteiger partial charge in [0.1, 0.15) is 28.8 Å². The number of aromatic amines is 1. The zero-order valence-electron chi connectivity index (χ0n) is 24.2. The molecule has 5 heterocycles. The Morgan fingerprint density at radius 3 is 2.51 bits per heavy atom. The first kappa shape index (κ1) is 31.5. The Morgan fingerprint density at radius 1 is 1.22 bits per heavy atom. The highest BCUT2D eigenvalue weighted by Crippen LogP contribution is 2.41. The first-order chi connectivity index (χ1) is 19.8. The molecule has 0 bridgehead atoms. The summed E-state index contributed by atoms with van der Waals surface area (Å²) >= 11 is 6.37. The number of imidazole rings is 1. The number of H-pyrrole nitrogens is 1. The minimum absolute atomic E-state index is 0.0237. The molecule has 2 aliphatic heterocycles. The predicted octanol–water partition coefficient (Wildman–Crippen LogP) is 4.22. The summed E-state index contributed by atoms with van der Waals surface area (Å²) in [5.41, 5.74) is 8.96. The summed E-state index contributed by atoms with van der Waals surface area (Å²) in [6.45, 7) is 9.51. The molecule has 0 unspecified atom stereocenters. The Hall–Kier alpha value is -4.03. The number of amides is 1. The Kier molecular flexibility index (Phi) is 11.2. The number of anilines is 3. The standard InChI is InChI=1S/C20H21ClN8O2.C6H10O2.C2H6/c1-9-6-24-12(10(2)16(9)31-4)8-29-18-15(17(21)27-20(22)28-18)11(19(29)30)5-13-25-7-14(23-3)26-13;7-5-6-1-3-8-4-2-6;1-2/h5-7,23H,8H2,1-4H3,(H,25,26)(H2,22,27,28);5-6H,1-4H2;1-2H3/b11-5-;;. The Morgan fingerprint density at radius 2 is 1.93 bits per heavy atom. The van der Waals surface area contributed by atoms with Gasteiger partial charge in [0.05, 0.1) is 36.7 Å². The molecule has 0 saturated carbocycles. The molecule has 3 aromatic rings. The van der Waals surface area contributed by atoms with Crippen LogP contribution in [0.3, 0.4) is 0 Å². The first-order valence-electron chi connectivity index (χ1n) is 13.4. The molecule has 0 atom stereocenters. The summed E-state index contributed by atoms with van der Waals surface area (Å²) in [4.78, 5) is 45.1. The summed E-state index contributed by atoms with van der Waals surface area (Å²) < 4.78 is 10.5. The van der Waals surface area contributed by atoms with Crippen LogP contribution in [0.1, 0.15) is 54.9 Å². The second kappa shape index (κ2) is 14.6. The predicted molar refractivity (Wildman–Crippen MR) is 160 cm³/mol. The highest BCUT2D eigenvalue weighted by molar-refractivity contribution is 6.41. The van der Waals surface area contributed by atoms with E-state index in [4.69, 9.17) is 26.8 Å². The monoisotopic (exact) mass is 584 g/mol. The summed E-state index contributed by atoms with van der Waals surface area (Å²) in [6, 6.07) is 0. The highest BCUT2D eigenvalue weighted by atomic mass is 35.5. The fourth-order valence-corrected chi connectivity index (χ4v) is 4.67. The highest BCUT2D eigenvalue weighted by Gasteiger charge is 2.37. The molecular weight excluding hydrogens is 548 g/mol. The van der Waals surface area contributed by atoms with Crippen molar-refractivity contribution < 1.29 is 19.1 Å². The van der Waals surface area contributed by atoms with Gasteiger partial charge >= 0.3 is 0 Å². The SMILES string of the molecule is CC.CNc1cnc(/C=C2\C(=O)N(Cc3ncc(C)c(OC)c3C)c3nc(N)nc(Cl)c32)[nH]1.O=CC1CCOCC1. The van der Waals surface area contributed by atoms with Crippen molar-refractivity contribution >= 4 is 53.0 Å². The molecule has 0 spiro atoms. The molecule has 220 valence electrons. The van der Waals surface area contributed by atoms with Gasteiger partial charge in [-0.2, -0.15) is 4.98 Å². The van der Waals surface area contributed by atoms with Gasteiger partial charge in [0.2, 0.25) is 5.95 Å². The first-order valence-corrected chi connectivity index (χ1v) is 13.8. The molecule has 5 rings (SSSR count). The summed E-state index contributed by atoms with van der Waals surface area (Å²) in [7, 11) is 3.37. The molecule has 0 aromatic carbocycles. The number of aryl methyl sites for hydroxylation is 1. The Balaban J connectivity index is 0.000000394. The number of carbonyl (C=O) groups excluding carboxylic acids is 2. The number of nitrogens with zero attached hydrogens (tertiary/aromatic N) is 5. The fourth-order valence-electron chi connectivity index (χ4n) is 4.40. The number of aldehydes is 1. The van der Waals surface area contributed by atoms with Gasteiger partial charge in [-0.15, -0.1) is 0 Å². The smallest absolute Gasteiger partial charge is 0.260 e. The number of hydrogen-bond donors (Lipinski definition) is 3. The number of nitrogens with one attached hydrogen (secondary N) is 2. The van der Waals surface area contributed by atoms with Crippen LogP contribution in [-0.4, -0.2) is 64.5 Å². The van der Waals surface area contributed by atoms with Crippen molar-refractivity contribution in [2.45, 2.75) is 47.1 Å². The number of pyridine rings is 1. The van der Waals surface area contributed by atoms with Gasteiger partial charge in [-0.25, -0.2) is 9.97 Å². The molecule has 12 nitrogen and oxygen atoms in total. The number of halogens is 1. The summed E-state index contributed by atoms with van der Waals surface area (Å²) in [5, 5.41) is 3.05. The van der Waals surface area contributed by atoms with Crippen molar-refractivity contribution in [1.82, 2.24) is 24.9 Å². The van der Waals surface area contributed by atoms with E-state index in [1.165, 1.54) is 4.90 Å². The molecule has 0 aliphatic carbocycles. The van der Waals surface area contributed by atoms with Crippen LogP contribution in [0.25, 0.3) is 11.6 Å². The van der Waals surface area contributed by atoms with E-state index < -0.39 is 0 Å². The number of nitrogen functional groups attached to an aromatic ring is 1. The maximum absolute atomic E-state index is 13.4. The molecule has 41 heavy (non-hydrogen) atoms. The topological polar surface area (TPSA) is 161 Å². The van der Waals surface area contributed by atoms with Gasteiger partial charge in [-0.05, 0) is 32.8 Å². The lowest BCUT2D eigenvalue weighted by atomic mass is 10.0. The van der Waals surface area contributed by atoms with E-state index in [1.54, 1.807) is 32.6 Å². The molecule has 1 saturated heterocycles. The molecular formula is C28H37ClN8O4. The van der Waals surface area contributed by atoms with Crippen LogP contribution in [0, 0.1) is 19.8 Å². The van der Waals surface area contributed by atoms with E-state index in [1.807, 2.05) is 27.7 Å². The van der Waals surface area contributed by atoms with Crippen LogP contribution in [-0.2, 0) is 20.9 Å². The minimum Gasteiger partial charge on any atom is -0.496 e. The number of hydrogen-bond acceptors (Lipinski definition) is 10. The van der Waals surface area contributed by atoms with Gasteiger partial charge < -0.3 is 30.3 Å². The fraction of sp³-hybridized carbons (Fsp3) is 0.429. The van der Waals surface area contributed by atoms with Crippen LogP contribution < -0.4 is 20.7 Å².